The van der Waals surface area contributed by atoms with Gasteiger partial charge in [-0.1, -0.05) is 54.6 Å². The Morgan fingerprint density at radius 2 is 1.76 bits per heavy atom. The number of nitriles is 1. The van der Waals surface area contributed by atoms with E-state index >= 15 is 0 Å². The number of carbonyl (C=O) groups is 2. The van der Waals surface area contributed by atoms with Crippen molar-refractivity contribution >= 4 is 28.9 Å². The molecular weight excluding hydrogens is 436 g/mol. The number of para-hydroxylation sites is 1. The van der Waals surface area contributed by atoms with Crippen molar-refractivity contribution < 1.29 is 14.3 Å². The normalized spacial score (nSPS) is 10.4. The number of esters is 1. The van der Waals surface area contributed by atoms with Gasteiger partial charge in [-0.15, -0.1) is 11.3 Å². The van der Waals surface area contributed by atoms with Crippen LogP contribution in [0.25, 0.3) is 10.6 Å². The van der Waals surface area contributed by atoms with E-state index in [4.69, 9.17) is 10.00 Å². The molecule has 8 heteroatoms. The van der Waals surface area contributed by atoms with Gasteiger partial charge in [0.25, 0.3) is 5.91 Å². The van der Waals surface area contributed by atoms with E-state index in [2.05, 4.69) is 5.10 Å². The molecule has 0 spiro atoms. The van der Waals surface area contributed by atoms with Gasteiger partial charge in [-0.3, -0.25) is 14.4 Å². The van der Waals surface area contributed by atoms with Crippen LogP contribution in [0.5, 0.6) is 0 Å². The Morgan fingerprint density at radius 3 is 2.42 bits per heavy atom. The van der Waals surface area contributed by atoms with E-state index in [0.717, 1.165) is 10.4 Å². The Morgan fingerprint density at radius 1 is 1.03 bits per heavy atom. The summed E-state index contributed by atoms with van der Waals surface area (Å²) in [5.41, 5.74) is 2.40. The third kappa shape index (κ3) is 5.34. The summed E-state index contributed by atoms with van der Waals surface area (Å²) in [7, 11) is 0. The second-order valence-corrected chi connectivity index (χ2v) is 8.05. The number of nitrogens with zero attached hydrogens (tertiary/aromatic N) is 4. The van der Waals surface area contributed by atoms with Crippen molar-refractivity contribution in [2.45, 2.75) is 6.54 Å². The number of anilines is 1. The number of hydrogen-bond acceptors (Lipinski definition) is 6. The van der Waals surface area contributed by atoms with Gasteiger partial charge in [0.1, 0.15) is 17.8 Å². The highest BCUT2D eigenvalue weighted by Crippen LogP contribution is 2.27. The van der Waals surface area contributed by atoms with E-state index in [9.17, 15) is 9.59 Å². The van der Waals surface area contributed by atoms with Crippen molar-refractivity contribution in [3.05, 3.63) is 95.5 Å². The third-order valence-electron chi connectivity index (χ3n) is 4.85. The molecule has 2 heterocycles. The summed E-state index contributed by atoms with van der Waals surface area (Å²) < 4.78 is 7.04. The standard InChI is InChI=1S/C25H20N4O3S/c26-13-14-29(20-10-5-2-6-11-20)23(30)18-32-25(31)21-17-28(16-19-8-3-1-4-9-19)27-24(21)22-12-7-15-33-22/h1-12,15,17H,14,16,18H2. The quantitative estimate of drug-likeness (QED) is 0.290. The SMILES string of the molecule is N#CCN(C(=O)COC(=O)c1cn(Cc2ccccc2)nc1-c1cccs1)c1ccccc1. The number of thiophene rings is 1. The fourth-order valence-corrected chi connectivity index (χ4v) is 4.03. The second-order valence-electron chi connectivity index (χ2n) is 7.10. The van der Waals surface area contributed by atoms with Gasteiger partial charge in [-0.25, -0.2) is 4.79 Å². The number of rotatable bonds is 8. The van der Waals surface area contributed by atoms with E-state index in [1.54, 1.807) is 35.1 Å². The molecule has 0 bridgehead atoms. The highest BCUT2D eigenvalue weighted by atomic mass is 32.1. The molecule has 0 aliphatic rings. The smallest absolute Gasteiger partial charge is 0.342 e. The average molecular weight is 457 g/mol. The summed E-state index contributed by atoms with van der Waals surface area (Å²) in [6.07, 6.45) is 1.64. The summed E-state index contributed by atoms with van der Waals surface area (Å²) >= 11 is 1.47. The zero-order valence-electron chi connectivity index (χ0n) is 17.6. The van der Waals surface area contributed by atoms with Crippen LogP contribution in [-0.2, 0) is 16.1 Å². The first-order valence-electron chi connectivity index (χ1n) is 10.2. The number of carbonyl (C=O) groups excluding carboxylic acids is 2. The molecule has 7 nitrogen and oxygen atoms in total. The topological polar surface area (TPSA) is 88.2 Å². The average Bonchev–Trinajstić information content (AvgIpc) is 3.52. The third-order valence-corrected chi connectivity index (χ3v) is 5.72. The molecular formula is C25H20N4O3S. The highest BCUT2D eigenvalue weighted by Gasteiger charge is 2.23. The molecule has 2 aromatic heterocycles. The molecule has 0 unspecified atom stereocenters. The first-order valence-corrected chi connectivity index (χ1v) is 11.1. The molecule has 4 aromatic rings. The van der Waals surface area contributed by atoms with Crippen LogP contribution in [0.1, 0.15) is 15.9 Å². The predicted molar refractivity (Wildman–Crippen MR) is 126 cm³/mol. The van der Waals surface area contributed by atoms with Crippen LogP contribution < -0.4 is 4.90 Å². The molecule has 0 fully saturated rings. The first kappa shape index (κ1) is 22.0. The van der Waals surface area contributed by atoms with Crippen molar-refractivity contribution in [3.63, 3.8) is 0 Å². The molecule has 4 rings (SSSR count). The summed E-state index contributed by atoms with van der Waals surface area (Å²) in [5, 5.41) is 15.6. The lowest BCUT2D eigenvalue weighted by Crippen LogP contribution is -2.35. The van der Waals surface area contributed by atoms with Crippen LogP contribution in [0.3, 0.4) is 0 Å². The Labute approximate surface area is 195 Å². The first-order chi connectivity index (χ1) is 16.2. The number of aromatic nitrogens is 2. The van der Waals surface area contributed by atoms with Gasteiger partial charge in [-0.05, 0) is 29.1 Å². The zero-order valence-corrected chi connectivity index (χ0v) is 18.4. The number of benzene rings is 2. The lowest BCUT2D eigenvalue weighted by atomic mass is 10.2. The van der Waals surface area contributed by atoms with Crippen molar-refractivity contribution in [2.75, 3.05) is 18.1 Å². The Kier molecular flexibility index (Phi) is 6.93. The lowest BCUT2D eigenvalue weighted by Gasteiger charge is -2.19. The Hall–Kier alpha value is -4.22. The number of amides is 1. The molecule has 1 amide bonds. The van der Waals surface area contributed by atoms with E-state index in [0.29, 0.717) is 17.9 Å². The van der Waals surface area contributed by atoms with E-state index < -0.39 is 18.5 Å². The zero-order chi connectivity index (χ0) is 23.0. The van der Waals surface area contributed by atoms with Gasteiger partial charge in [0.15, 0.2) is 6.61 Å². The molecule has 0 atom stereocenters. The molecule has 2 aromatic carbocycles. The molecule has 0 radical (unpaired) electrons. The second kappa shape index (κ2) is 10.4. The summed E-state index contributed by atoms with van der Waals surface area (Å²) in [6, 6.07) is 24.3. The monoisotopic (exact) mass is 456 g/mol. The van der Waals surface area contributed by atoms with Gasteiger partial charge >= 0.3 is 5.97 Å². The Bertz CT molecular complexity index is 1260. The number of hydrogen-bond donors (Lipinski definition) is 0. The Balaban J connectivity index is 1.52. The van der Waals surface area contributed by atoms with Crippen molar-refractivity contribution in [1.82, 2.24) is 9.78 Å². The van der Waals surface area contributed by atoms with E-state index in [1.165, 1.54) is 16.2 Å². The van der Waals surface area contributed by atoms with Crippen molar-refractivity contribution in [2.24, 2.45) is 0 Å². The minimum Gasteiger partial charge on any atom is -0.452 e. The van der Waals surface area contributed by atoms with Gasteiger partial charge in [0.05, 0.1) is 17.5 Å². The van der Waals surface area contributed by atoms with E-state index in [-0.39, 0.29) is 12.1 Å². The van der Waals surface area contributed by atoms with Gasteiger partial charge in [0.2, 0.25) is 0 Å². The maximum atomic E-state index is 12.9. The van der Waals surface area contributed by atoms with Crippen LogP contribution in [0.15, 0.2) is 84.4 Å². The van der Waals surface area contributed by atoms with Crippen LogP contribution in [0.2, 0.25) is 0 Å². The maximum absolute atomic E-state index is 12.9. The molecule has 33 heavy (non-hydrogen) atoms. The lowest BCUT2D eigenvalue weighted by molar-refractivity contribution is -0.121. The van der Waals surface area contributed by atoms with Crippen LogP contribution in [-0.4, -0.2) is 34.8 Å². The minimum absolute atomic E-state index is 0.143. The van der Waals surface area contributed by atoms with Gasteiger partial charge in [-0.2, -0.15) is 10.4 Å². The molecule has 164 valence electrons. The summed E-state index contributed by atoms with van der Waals surface area (Å²) in [5.74, 6) is -1.12. The highest BCUT2D eigenvalue weighted by molar-refractivity contribution is 7.13. The van der Waals surface area contributed by atoms with Crippen LogP contribution in [0, 0.1) is 11.3 Å². The van der Waals surface area contributed by atoms with Gasteiger partial charge in [0, 0.05) is 11.9 Å². The maximum Gasteiger partial charge on any atom is 0.342 e. The fourth-order valence-electron chi connectivity index (χ4n) is 3.30. The minimum atomic E-state index is -0.643. The van der Waals surface area contributed by atoms with Crippen LogP contribution in [0.4, 0.5) is 5.69 Å². The fraction of sp³-hybridized carbons (Fsp3) is 0.120. The molecule has 0 N–H and O–H groups in total. The van der Waals surface area contributed by atoms with E-state index in [1.807, 2.05) is 60.0 Å². The molecule has 0 saturated heterocycles. The summed E-state index contributed by atoms with van der Waals surface area (Å²) in [6.45, 7) is -0.131. The molecule has 0 saturated carbocycles. The molecule has 0 aliphatic heterocycles. The van der Waals surface area contributed by atoms with Crippen molar-refractivity contribution in [1.29, 1.82) is 5.26 Å². The summed E-state index contributed by atoms with van der Waals surface area (Å²) in [4.78, 5) is 27.8. The van der Waals surface area contributed by atoms with Gasteiger partial charge < -0.3 is 4.74 Å². The largest absolute Gasteiger partial charge is 0.452 e. The van der Waals surface area contributed by atoms with Crippen LogP contribution >= 0.6 is 11.3 Å². The van der Waals surface area contributed by atoms with Crippen molar-refractivity contribution in [3.8, 4) is 16.6 Å². The molecule has 0 aliphatic carbocycles. The predicted octanol–water partition coefficient (Wildman–Crippen LogP) is 4.37. The number of ether oxygens (including phenoxy) is 1.